The maximum atomic E-state index is 5.87. The molecule has 1 aromatic rings. The molecule has 2 nitrogen and oxygen atoms in total. The number of allylic oxidation sites excluding steroid dienone is 1. The van der Waals surface area contributed by atoms with E-state index in [2.05, 4.69) is 16.4 Å². The van der Waals surface area contributed by atoms with Crippen LogP contribution in [0.5, 0.6) is 0 Å². The summed E-state index contributed by atoms with van der Waals surface area (Å²) in [7, 11) is 1.99. The monoisotopic (exact) mass is 250 g/mol. The highest BCUT2D eigenvalue weighted by molar-refractivity contribution is 6.30. The molecule has 1 atom stereocenters. The molecule has 2 rings (SSSR count). The molecule has 92 valence electrons. The van der Waals surface area contributed by atoms with Gasteiger partial charge < -0.3 is 5.32 Å². The zero-order valence-electron chi connectivity index (χ0n) is 10.2. The predicted molar refractivity (Wildman–Crippen MR) is 72.2 cm³/mol. The lowest BCUT2D eigenvalue weighted by Gasteiger charge is -2.19. The Morgan fingerprint density at radius 3 is 2.88 bits per heavy atom. The van der Waals surface area contributed by atoms with Crippen molar-refractivity contribution in [1.29, 1.82) is 0 Å². The Balaban J connectivity index is 2.20. The van der Waals surface area contributed by atoms with Crippen LogP contribution in [-0.2, 0) is 0 Å². The third-order valence-corrected chi connectivity index (χ3v) is 3.51. The molecule has 3 heteroatoms. The lowest BCUT2D eigenvalue weighted by molar-refractivity contribution is 0.615. The molecule has 0 amide bonds. The van der Waals surface area contributed by atoms with Gasteiger partial charge in [-0.2, -0.15) is 0 Å². The third-order valence-electron chi connectivity index (χ3n) is 3.28. The second-order valence-corrected chi connectivity index (χ2v) is 4.94. The Labute approximate surface area is 108 Å². The number of nitrogens with one attached hydrogen (secondary N) is 1. The minimum absolute atomic E-state index is 0.241. The van der Waals surface area contributed by atoms with Gasteiger partial charge in [0, 0.05) is 6.20 Å². The number of nitrogens with zero attached hydrogens (tertiary/aromatic N) is 1. The van der Waals surface area contributed by atoms with E-state index in [1.807, 2.05) is 19.2 Å². The molecular formula is C14H19ClN2. The summed E-state index contributed by atoms with van der Waals surface area (Å²) in [6, 6.07) is 4.16. The molecular weight excluding hydrogens is 232 g/mol. The lowest BCUT2D eigenvalue weighted by atomic mass is 9.99. The molecule has 1 aliphatic carbocycles. The van der Waals surface area contributed by atoms with Crippen LogP contribution in [0.15, 0.2) is 30.0 Å². The van der Waals surface area contributed by atoms with Gasteiger partial charge in [-0.25, -0.2) is 0 Å². The Bertz CT molecular complexity index is 384. The Morgan fingerprint density at radius 1 is 1.29 bits per heavy atom. The molecule has 17 heavy (non-hydrogen) atoms. The summed E-state index contributed by atoms with van der Waals surface area (Å²) in [5.41, 5.74) is 2.53. The number of pyridine rings is 1. The van der Waals surface area contributed by atoms with Crippen molar-refractivity contribution in [3.05, 3.63) is 40.7 Å². The number of hydrogen-bond acceptors (Lipinski definition) is 2. The summed E-state index contributed by atoms with van der Waals surface area (Å²) >= 11 is 5.87. The first-order valence-corrected chi connectivity index (χ1v) is 6.66. The molecule has 1 heterocycles. The van der Waals surface area contributed by atoms with Crippen LogP contribution in [0.3, 0.4) is 0 Å². The van der Waals surface area contributed by atoms with Crippen LogP contribution in [0.1, 0.15) is 43.8 Å². The fraction of sp³-hybridized carbons (Fsp3) is 0.500. The first-order valence-electron chi connectivity index (χ1n) is 6.29. The highest BCUT2D eigenvalue weighted by Crippen LogP contribution is 2.28. The van der Waals surface area contributed by atoms with Crippen molar-refractivity contribution >= 4 is 11.6 Å². The highest BCUT2D eigenvalue weighted by Gasteiger charge is 2.16. The number of aromatic nitrogens is 1. The minimum atomic E-state index is 0.241. The van der Waals surface area contributed by atoms with E-state index in [0.717, 1.165) is 5.69 Å². The molecule has 0 saturated carbocycles. The quantitative estimate of drug-likeness (QED) is 0.824. The van der Waals surface area contributed by atoms with Crippen molar-refractivity contribution in [3.8, 4) is 0 Å². The minimum Gasteiger partial charge on any atom is -0.308 e. The van der Waals surface area contributed by atoms with E-state index in [9.17, 15) is 0 Å². The molecule has 0 bridgehead atoms. The summed E-state index contributed by atoms with van der Waals surface area (Å²) in [6.07, 6.45) is 10.4. The fourth-order valence-electron chi connectivity index (χ4n) is 2.38. The van der Waals surface area contributed by atoms with E-state index in [0.29, 0.717) is 5.02 Å². The van der Waals surface area contributed by atoms with Crippen molar-refractivity contribution < 1.29 is 0 Å². The average molecular weight is 251 g/mol. The van der Waals surface area contributed by atoms with Crippen molar-refractivity contribution in [1.82, 2.24) is 10.3 Å². The molecule has 1 aromatic heterocycles. The molecule has 1 aliphatic rings. The van der Waals surface area contributed by atoms with E-state index in [4.69, 9.17) is 11.6 Å². The van der Waals surface area contributed by atoms with Crippen molar-refractivity contribution in [2.45, 2.75) is 38.1 Å². The first-order chi connectivity index (χ1) is 8.31. The number of halogens is 1. The standard InChI is InChI=1S/C14H19ClN2/c1-16-14(11-6-4-2-3-5-7-11)13-9-8-12(15)10-17-13/h6,8-10,14,16H,2-5,7H2,1H3. The fourth-order valence-corrected chi connectivity index (χ4v) is 2.49. The van der Waals surface area contributed by atoms with Crippen LogP contribution >= 0.6 is 11.6 Å². The zero-order valence-corrected chi connectivity index (χ0v) is 11.0. The summed E-state index contributed by atoms with van der Waals surface area (Å²) in [5.74, 6) is 0. The molecule has 0 saturated heterocycles. The molecule has 0 aliphatic heterocycles. The smallest absolute Gasteiger partial charge is 0.0708 e. The van der Waals surface area contributed by atoms with Crippen LogP contribution in [0.25, 0.3) is 0 Å². The Hall–Kier alpha value is -0.860. The predicted octanol–water partition coefficient (Wildman–Crippen LogP) is 3.89. The van der Waals surface area contributed by atoms with Crippen molar-refractivity contribution in [2.75, 3.05) is 7.05 Å². The average Bonchev–Trinajstić information content (AvgIpc) is 2.62. The van der Waals surface area contributed by atoms with Gasteiger partial charge in [0.05, 0.1) is 16.8 Å². The second kappa shape index (κ2) is 6.18. The number of likely N-dealkylation sites (N-methyl/N-ethyl adjacent to an activating group) is 1. The van der Waals surface area contributed by atoms with Gasteiger partial charge in [-0.3, -0.25) is 4.98 Å². The Morgan fingerprint density at radius 2 is 2.18 bits per heavy atom. The number of hydrogen-bond donors (Lipinski definition) is 1. The summed E-state index contributed by atoms with van der Waals surface area (Å²) in [6.45, 7) is 0. The normalized spacial score (nSPS) is 18.4. The van der Waals surface area contributed by atoms with Gasteiger partial charge in [-0.05, 0) is 44.9 Å². The van der Waals surface area contributed by atoms with Crippen molar-refractivity contribution in [3.63, 3.8) is 0 Å². The van der Waals surface area contributed by atoms with Gasteiger partial charge in [0.25, 0.3) is 0 Å². The van der Waals surface area contributed by atoms with Crippen LogP contribution in [0.4, 0.5) is 0 Å². The second-order valence-electron chi connectivity index (χ2n) is 4.50. The van der Waals surface area contributed by atoms with Gasteiger partial charge >= 0.3 is 0 Å². The lowest BCUT2D eigenvalue weighted by Crippen LogP contribution is -2.19. The molecule has 1 unspecified atom stereocenters. The molecule has 1 N–H and O–H groups in total. The van der Waals surface area contributed by atoms with Crippen LogP contribution in [0, 0.1) is 0 Å². The van der Waals surface area contributed by atoms with Gasteiger partial charge in [0.1, 0.15) is 0 Å². The van der Waals surface area contributed by atoms with Gasteiger partial charge in [-0.15, -0.1) is 0 Å². The molecule has 0 aromatic carbocycles. The maximum absolute atomic E-state index is 5.87. The van der Waals surface area contributed by atoms with Crippen LogP contribution in [-0.4, -0.2) is 12.0 Å². The topological polar surface area (TPSA) is 24.9 Å². The zero-order chi connectivity index (χ0) is 12.1. The summed E-state index contributed by atoms with van der Waals surface area (Å²) < 4.78 is 0. The summed E-state index contributed by atoms with van der Waals surface area (Å²) in [5, 5.41) is 4.05. The van der Waals surface area contributed by atoms with Crippen LogP contribution in [0.2, 0.25) is 5.02 Å². The highest BCUT2D eigenvalue weighted by atomic mass is 35.5. The van der Waals surface area contributed by atoms with Gasteiger partial charge in [0.15, 0.2) is 0 Å². The third kappa shape index (κ3) is 3.30. The van der Waals surface area contributed by atoms with Gasteiger partial charge in [0.2, 0.25) is 0 Å². The van der Waals surface area contributed by atoms with Gasteiger partial charge in [-0.1, -0.05) is 29.7 Å². The number of rotatable bonds is 3. The van der Waals surface area contributed by atoms with E-state index in [-0.39, 0.29) is 6.04 Å². The van der Waals surface area contributed by atoms with E-state index in [1.54, 1.807) is 6.20 Å². The first kappa shape index (κ1) is 12.6. The van der Waals surface area contributed by atoms with Crippen LogP contribution < -0.4 is 5.32 Å². The summed E-state index contributed by atoms with van der Waals surface area (Å²) in [4.78, 5) is 4.42. The largest absolute Gasteiger partial charge is 0.308 e. The van der Waals surface area contributed by atoms with E-state index in [1.165, 1.54) is 37.7 Å². The molecule has 0 radical (unpaired) electrons. The van der Waals surface area contributed by atoms with Crippen molar-refractivity contribution in [2.24, 2.45) is 0 Å². The van der Waals surface area contributed by atoms with E-state index >= 15 is 0 Å². The Kier molecular flexibility index (Phi) is 4.57. The SMILES string of the molecule is CNC(C1=CCCCCC1)c1ccc(Cl)cn1. The molecule has 0 spiro atoms. The van der Waals surface area contributed by atoms with E-state index < -0.39 is 0 Å². The molecule has 0 fully saturated rings. The maximum Gasteiger partial charge on any atom is 0.0708 e.